The second kappa shape index (κ2) is 4.90. The van der Waals surface area contributed by atoms with Crippen molar-refractivity contribution >= 4 is 16.8 Å². The number of Topliss-reactive ketones (excluding diaryl/α,β-unsaturated/α-hetero) is 1. The first kappa shape index (κ1) is 13.1. The van der Waals surface area contributed by atoms with Gasteiger partial charge in [-0.05, 0) is 31.0 Å². The maximum atomic E-state index is 12.5. The average molecular weight is 274 g/mol. The number of ketones is 1. The third-order valence-corrected chi connectivity index (χ3v) is 4.09. The molecule has 0 saturated carbocycles. The van der Waals surface area contributed by atoms with E-state index in [1.165, 1.54) is 0 Å². The lowest BCUT2D eigenvalue weighted by atomic mass is 9.92. The molecule has 5 heteroatoms. The van der Waals surface area contributed by atoms with Crippen LogP contribution in [-0.2, 0) is 18.8 Å². The fourth-order valence-corrected chi connectivity index (χ4v) is 2.84. The number of carbonyl (C=O) groups is 1. The monoisotopic (exact) mass is 274 g/mol. The van der Waals surface area contributed by atoms with Crippen molar-refractivity contribution in [2.45, 2.75) is 12.8 Å². The van der Waals surface area contributed by atoms with Crippen LogP contribution in [0.1, 0.15) is 23.2 Å². The Morgan fingerprint density at radius 2 is 2.00 bits per heavy atom. The molecule has 1 aliphatic rings. The third-order valence-electron chi connectivity index (χ3n) is 4.09. The Hall–Kier alpha value is -1.88. The summed E-state index contributed by atoms with van der Waals surface area (Å²) < 4.78 is 8.54. The van der Waals surface area contributed by atoms with Gasteiger partial charge in [0.15, 0.2) is 5.78 Å². The molecule has 0 amide bonds. The number of aryl methyl sites for hydroxylation is 2. The second-order valence-electron chi connectivity index (χ2n) is 5.38. The molecule has 1 aromatic carbocycles. The molecule has 1 aromatic heterocycles. The zero-order valence-electron chi connectivity index (χ0n) is 11.8. The number of hydrogen-bond donors (Lipinski definition) is 0. The first-order valence-corrected chi connectivity index (χ1v) is 6.87. The molecule has 1 fully saturated rings. The molecular formula is C15H18N2O3. The number of carbonyl (C=O) groups excluding carboxylic acids is 1. The molecule has 1 saturated heterocycles. The summed E-state index contributed by atoms with van der Waals surface area (Å²) >= 11 is 0. The lowest BCUT2D eigenvalue weighted by Crippen LogP contribution is -2.25. The molecule has 106 valence electrons. The van der Waals surface area contributed by atoms with Crippen LogP contribution in [-0.4, -0.2) is 28.1 Å². The molecule has 3 rings (SSSR count). The lowest BCUT2D eigenvalue weighted by Gasteiger charge is -2.20. The number of hydrogen-bond acceptors (Lipinski definition) is 3. The van der Waals surface area contributed by atoms with E-state index in [0.29, 0.717) is 12.2 Å². The van der Waals surface area contributed by atoms with E-state index in [1.54, 1.807) is 29.3 Å². The summed E-state index contributed by atoms with van der Waals surface area (Å²) in [5.74, 6) is 0.0600. The number of rotatable bonds is 2. The van der Waals surface area contributed by atoms with E-state index in [1.807, 2.05) is 12.1 Å². The van der Waals surface area contributed by atoms with Gasteiger partial charge in [0.1, 0.15) is 0 Å². The number of fused-ring (bicyclic) bond motifs is 1. The summed E-state index contributed by atoms with van der Waals surface area (Å²) in [4.78, 5) is 24.4. The van der Waals surface area contributed by atoms with Crippen molar-refractivity contribution in [2.24, 2.45) is 20.0 Å². The third kappa shape index (κ3) is 1.98. The van der Waals surface area contributed by atoms with E-state index in [2.05, 4.69) is 0 Å². The van der Waals surface area contributed by atoms with Crippen LogP contribution in [0.25, 0.3) is 11.0 Å². The van der Waals surface area contributed by atoms with Crippen molar-refractivity contribution in [3.05, 3.63) is 34.2 Å². The van der Waals surface area contributed by atoms with Gasteiger partial charge in [0.05, 0.1) is 17.6 Å². The Labute approximate surface area is 116 Å². The molecule has 0 radical (unpaired) electrons. The molecule has 0 N–H and O–H groups in total. The van der Waals surface area contributed by atoms with Gasteiger partial charge in [-0.1, -0.05) is 0 Å². The van der Waals surface area contributed by atoms with Gasteiger partial charge in [0, 0.05) is 32.2 Å². The zero-order valence-corrected chi connectivity index (χ0v) is 11.8. The van der Waals surface area contributed by atoms with Crippen LogP contribution in [0.4, 0.5) is 0 Å². The summed E-state index contributed by atoms with van der Waals surface area (Å²) in [5.41, 5.74) is 2.22. The molecule has 1 aliphatic heterocycles. The highest BCUT2D eigenvalue weighted by Crippen LogP contribution is 2.21. The van der Waals surface area contributed by atoms with Crippen molar-refractivity contribution in [1.29, 1.82) is 0 Å². The molecule has 1 atom stereocenters. The van der Waals surface area contributed by atoms with E-state index >= 15 is 0 Å². The standard InChI is InChI=1S/C15H18N2O3/c1-16-12-6-5-10(8-13(12)17(2)15(16)19)14(18)11-4-3-7-20-9-11/h5-6,8,11H,3-4,7,9H2,1-2H3. The Kier molecular flexibility index (Phi) is 3.22. The highest BCUT2D eigenvalue weighted by atomic mass is 16.5. The van der Waals surface area contributed by atoms with E-state index in [4.69, 9.17) is 4.74 Å². The smallest absolute Gasteiger partial charge is 0.328 e. The zero-order chi connectivity index (χ0) is 14.3. The SMILES string of the molecule is Cn1c(=O)n(C)c2cc(C(=O)C3CCCOC3)ccc21. The van der Waals surface area contributed by atoms with Crippen LogP contribution in [0.15, 0.2) is 23.0 Å². The van der Waals surface area contributed by atoms with Crippen LogP contribution in [0.3, 0.4) is 0 Å². The Balaban J connectivity index is 2.02. The van der Waals surface area contributed by atoms with Gasteiger partial charge in [-0.15, -0.1) is 0 Å². The molecule has 0 bridgehead atoms. The predicted octanol–water partition coefficient (Wildman–Crippen LogP) is 1.49. The normalized spacial score (nSPS) is 19.4. The number of aromatic nitrogens is 2. The Morgan fingerprint density at radius 1 is 1.25 bits per heavy atom. The van der Waals surface area contributed by atoms with Crippen LogP contribution in [0.2, 0.25) is 0 Å². The minimum Gasteiger partial charge on any atom is -0.381 e. The molecule has 0 spiro atoms. The molecule has 2 heterocycles. The highest BCUT2D eigenvalue weighted by Gasteiger charge is 2.23. The summed E-state index contributed by atoms with van der Waals surface area (Å²) in [7, 11) is 3.46. The van der Waals surface area contributed by atoms with Gasteiger partial charge in [-0.3, -0.25) is 13.9 Å². The molecule has 5 nitrogen and oxygen atoms in total. The molecule has 1 unspecified atom stereocenters. The van der Waals surface area contributed by atoms with Crippen molar-refractivity contribution in [3.63, 3.8) is 0 Å². The fraction of sp³-hybridized carbons (Fsp3) is 0.467. The van der Waals surface area contributed by atoms with Crippen molar-refractivity contribution < 1.29 is 9.53 Å². The molecule has 0 aliphatic carbocycles. The summed E-state index contributed by atoms with van der Waals surface area (Å²) in [6, 6.07) is 5.46. The van der Waals surface area contributed by atoms with Crippen LogP contribution < -0.4 is 5.69 Å². The van der Waals surface area contributed by atoms with Gasteiger partial charge in [-0.2, -0.15) is 0 Å². The van der Waals surface area contributed by atoms with Gasteiger partial charge < -0.3 is 4.74 Å². The van der Waals surface area contributed by atoms with E-state index in [-0.39, 0.29) is 17.4 Å². The molecular weight excluding hydrogens is 256 g/mol. The first-order valence-electron chi connectivity index (χ1n) is 6.87. The number of imidazole rings is 1. The average Bonchev–Trinajstić information content (AvgIpc) is 2.72. The van der Waals surface area contributed by atoms with Gasteiger partial charge >= 0.3 is 5.69 Å². The van der Waals surface area contributed by atoms with Crippen LogP contribution in [0.5, 0.6) is 0 Å². The largest absolute Gasteiger partial charge is 0.381 e. The van der Waals surface area contributed by atoms with Gasteiger partial charge in [-0.25, -0.2) is 4.79 Å². The van der Waals surface area contributed by atoms with Crippen molar-refractivity contribution in [3.8, 4) is 0 Å². The topological polar surface area (TPSA) is 53.2 Å². The first-order chi connectivity index (χ1) is 9.59. The number of benzene rings is 1. The quantitative estimate of drug-likeness (QED) is 0.780. The minimum atomic E-state index is -0.0781. The van der Waals surface area contributed by atoms with E-state index in [0.717, 1.165) is 30.5 Å². The van der Waals surface area contributed by atoms with Gasteiger partial charge in [0.25, 0.3) is 0 Å². The maximum Gasteiger partial charge on any atom is 0.328 e. The second-order valence-corrected chi connectivity index (χ2v) is 5.38. The number of ether oxygens (including phenoxy) is 1. The Bertz CT molecular complexity index is 721. The summed E-state index contributed by atoms with van der Waals surface area (Å²) in [6.07, 6.45) is 1.81. The van der Waals surface area contributed by atoms with Crippen LogP contribution in [0, 0.1) is 5.92 Å². The summed E-state index contributed by atoms with van der Waals surface area (Å²) in [5, 5.41) is 0. The Morgan fingerprint density at radius 3 is 2.70 bits per heavy atom. The van der Waals surface area contributed by atoms with E-state index in [9.17, 15) is 9.59 Å². The van der Waals surface area contributed by atoms with Crippen molar-refractivity contribution in [2.75, 3.05) is 13.2 Å². The fourth-order valence-electron chi connectivity index (χ4n) is 2.84. The lowest BCUT2D eigenvalue weighted by molar-refractivity contribution is 0.0461. The predicted molar refractivity (Wildman–Crippen MR) is 76.0 cm³/mol. The minimum absolute atomic E-state index is 0.0538. The van der Waals surface area contributed by atoms with Gasteiger partial charge in [0.2, 0.25) is 0 Å². The molecule has 20 heavy (non-hydrogen) atoms. The highest BCUT2D eigenvalue weighted by molar-refractivity contribution is 6.00. The van der Waals surface area contributed by atoms with Crippen molar-refractivity contribution in [1.82, 2.24) is 9.13 Å². The van der Waals surface area contributed by atoms with Crippen LogP contribution >= 0.6 is 0 Å². The maximum absolute atomic E-state index is 12.5. The van der Waals surface area contributed by atoms with E-state index < -0.39 is 0 Å². The number of nitrogens with zero attached hydrogens (tertiary/aromatic N) is 2. The summed E-state index contributed by atoms with van der Waals surface area (Å²) in [6.45, 7) is 1.25. The molecule has 2 aromatic rings.